The molecule has 0 spiro atoms. The van der Waals surface area contributed by atoms with E-state index in [1.807, 2.05) is 13.8 Å². The van der Waals surface area contributed by atoms with E-state index in [1.165, 1.54) is 11.1 Å². The van der Waals surface area contributed by atoms with Crippen LogP contribution in [0.3, 0.4) is 0 Å². The van der Waals surface area contributed by atoms with E-state index < -0.39 is 6.10 Å². The zero-order valence-corrected chi connectivity index (χ0v) is 14.7. The highest BCUT2D eigenvalue weighted by molar-refractivity contribution is 5.21. The Morgan fingerprint density at radius 3 is 2.65 bits per heavy atom. The van der Waals surface area contributed by atoms with Crippen molar-refractivity contribution in [3.63, 3.8) is 0 Å². The van der Waals surface area contributed by atoms with Crippen LogP contribution in [0.5, 0.6) is 0 Å². The second-order valence-corrected chi connectivity index (χ2v) is 6.85. The van der Waals surface area contributed by atoms with Crippen LogP contribution in [0.1, 0.15) is 37.8 Å². The predicted molar refractivity (Wildman–Crippen MR) is 92.5 cm³/mol. The molecule has 1 fully saturated rings. The summed E-state index contributed by atoms with van der Waals surface area (Å²) in [6.07, 6.45) is 2.22. The van der Waals surface area contributed by atoms with Crippen molar-refractivity contribution < 1.29 is 14.6 Å². The Kier molecular flexibility index (Phi) is 7.50. The maximum absolute atomic E-state index is 10.3. The SMILES string of the molecule is Cc1ccc(CN(C[C@@H](O)COC(C)C)C[C@@H]2CCCO2)cc1. The van der Waals surface area contributed by atoms with Gasteiger partial charge in [0.1, 0.15) is 0 Å². The Balaban J connectivity index is 1.91. The first kappa shape index (κ1) is 18.4. The lowest BCUT2D eigenvalue weighted by Gasteiger charge is -2.27. The summed E-state index contributed by atoms with van der Waals surface area (Å²) in [5.74, 6) is 0. The van der Waals surface area contributed by atoms with Gasteiger partial charge in [0, 0.05) is 26.2 Å². The Hall–Kier alpha value is -0.940. The highest BCUT2D eigenvalue weighted by Crippen LogP contribution is 2.16. The van der Waals surface area contributed by atoms with Crippen molar-refractivity contribution in [1.29, 1.82) is 0 Å². The first-order valence-electron chi connectivity index (χ1n) is 8.72. The Morgan fingerprint density at radius 2 is 2.04 bits per heavy atom. The summed E-state index contributed by atoms with van der Waals surface area (Å²) in [5.41, 5.74) is 2.54. The van der Waals surface area contributed by atoms with E-state index in [2.05, 4.69) is 36.1 Å². The van der Waals surface area contributed by atoms with Gasteiger partial charge in [0.15, 0.2) is 0 Å². The Morgan fingerprint density at radius 1 is 1.30 bits per heavy atom. The van der Waals surface area contributed by atoms with Gasteiger partial charge in [-0.3, -0.25) is 4.90 Å². The molecule has 0 amide bonds. The molecule has 4 nitrogen and oxygen atoms in total. The van der Waals surface area contributed by atoms with Crippen LogP contribution in [0.15, 0.2) is 24.3 Å². The van der Waals surface area contributed by atoms with E-state index in [0.717, 1.165) is 32.5 Å². The lowest BCUT2D eigenvalue weighted by atomic mass is 10.1. The molecular formula is C19H31NO3. The maximum atomic E-state index is 10.3. The first-order chi connectivity index (χ1) is 11.0. The second kappa shape index (κ2) is 9.38. The molecule has 0 aliphatic carbocycles. The van der Waals surface area contributed by atoms with Gasteiger partial charge in [-0.25, -0.2) is 0 Å². The van der Waals surface area contributed by atoms with Crippen LogP contribution < -0.4 is 0 Å². The number of ether oxygens (including phenoxy) is 2. The van der Waals surface area contributed by atoms with Gasteiger partial charge in [-0.1, -0.05) is 29.8 Å². The van der Waals surface area contributed by atoms with E-state index >= 15 is 0 Å². The minimum Gasteiger partial charge on any atom is -0.389 e. The van der Waals surface area contributed by atoms with Crippen molar-refractivity contribution in [1.82, 2.24) is 4.90 Å². The number of aliphatic hydroxyl groups excluding tert-OH is 1. The number of hydrogen-bond acceptors (Lipinski definition) is 4. The molecule has 1 aliphatic rings. The number of nitrogens with zero attached hydrogens (tertiary/aromatic N) is 1. The third-order valence-corrected chi connectivity index (χ3v) is 4.10. The number of hydrogen-bond donors (Lipinski definition) is 1. The monoisotopic (exact) mass is 321 g/mol. The molecule has 0 bridgehead atoms. The highest BCUT2D eigenvalue weighted by Gasteiger charge is 2.21. The summed E-state index contributed by atoms with van der Waals surface area (Å²) in [5, 5.41) is 10.3. The van der Waals surface area contributed by atoms with Gasteiger partial charge in [-0.05, 0) is 39.2 Å². The Bertz CT molecular complexity index is 440. The van der Waals surface area contributed by atoms with Gasteiger partial charge < -0.3 is 14.6 Å². The lowest BCUT2D eigenvalue weighted by molar-refractivity contribution is -0.0172. The summed E-state index contributed by atoms with van der Waals surface area (Å²) in [6.45, 7) is 9.63. The molecule has 0 unspecified atom stereocenters. The fourth-order valence-electron chi connectivity index (χ4n) is 2.89. The van der Waals surface area contributed by atoms with E-state index in [1.54, 1.807) is 0 Å². The fraction of sp³-hybridized carbons (Fsp3) is 0.684. The zero-order valence-electron chi connectivity index (χ0n) is 14.7. The van der Waals surface area contributed by atoms with E-state index in [9.17, 15) is 5.11 Å². The van der Waals surface area contributed by atoms with Crippen molar-refractivity contribution in [2.75, 3.05) is 26.3 Å². The molecule has 1 saturated heterocycles. The summed E-state index contributed by atoms with van der Waals surface area (Å²) in [4.78, 5) is 2.29. The van der Waals surface area contributed by atoms with Crippen LogP contribution in [0, 0.1) is 6.92 Å². The quantitative estimate of drug-likeness (QED) is 0.759. The average molecular weight is 321 g/mol. The smallest absolute Gasteiger partial charge is 0.0900 e. The van der Waals surface area contributed by atoms with E-state index in [-0.39, 0.29) is 6.10 Å². The fourth-order valence-corrected chi connectivity index (χ4v) is 2.89. The highest BCUT2D eigenvalue weighted by atomic mass is 16.5. The molecule has 1 N–H and O–H groups in total. The third kappa shape index (κ3) is 7.00. The normalized spacial score (nSPS) is 19.7. The van der Waals surface area contributed by atoms with Gasteiger partial charge in [0.25, 0.3) is 0 Å². The van der Waals surface area contributed by atoms with Gasteiger partial charge in [-0.2, -0.15) is 0 Å². The van der Waals surface area contributed by atoms with E-state index in [0.29, 0.717) is 19.3 Å². The topological polar surface area (TPSA) is 41.9 Å². The molecule has 0 saturated carbocycles. The summed E-state index contributed by atoms with van der Waals surface area (Å²) < 4.78 is 11.3. The van der Waals surface area contributed by atoms with Gasteiger partial charge in [-0.15, -0.1) is 0 Å². The molecule has 0 radical (unpaired) electrons. The molecule has 2 atom stereocenters. The van der Waals surface area contributed by atoms with Gasteiger partial charge >= 0.3 is 0 Å². The Labute approximate surface area is 140 Å². The number of benzene rings is 1. The standard InChI is InChI=1S/C19H31NO3/c1-15(2)23-14-18(21)12-20(13-19-5-4-10-22-19)11-17-8-6-16(3)7-9-17/h6-9,15,18-19,21H,4-5,10-14H2,1-3H3/t18-,19+/m1/s1. The molecule has 1 aromatic rings. The number of aliphatic hydroxyl groups is 1. The zero-order chi connectivity index (χ0) is 16.7. The van der Waals surface area contributed by atoms with Crippen molar-refractivity contribution in [2.24, 2.45) is 0 Å². The maximum Gasteiger partial charge on any atom is 0.0900 e. The average Bonchev–Trinajstić information content (AvgIpc) is 3.00. The van der Waals surface area contributed by atoms with E-state index in [4.69, 9.17) is 9.47 Å². The molecule has 1 aliphatic heterocycles. The predicted octanol–water partition coefficient (Wildman–Crippen LogP) is 2.76. The minimum absolute atomic E-state index is 0.147. The molecule has 0 aromatic heterocycles. The largest absolute Gasteiger partial charge is 0.389 e. The van der Waals surface area contributed by atoms with Crippen molar-refractivity contribution in [2.45, 2.75) is 58.5 Å². The molecule has 23 heavy (non-hydrogen) atoms. The summed E-state index contributed by atoms with van der Waals surface area (Å²) >= 11 is 0. The van der Waals surface area contributed by atoms with Gasteiger partial charge in [0.2, 0.25) is 0 Å². The minimum atomic E-state index is -0.468. The van der Waals surface area contributed by atoms with Crippen molar-refractivity contribution in [3.8, 4) is 0 Å². The van der Waals surface area contributed by atoms with Crippen LogP contribution in [-0.4, -0.2) is 54.6 Å². The molecule has 1 aromatic carbocycles. The van der Waals surface area contributed by atoms with Crippen LogP contribution >= 0.6 is 0 Å². The molecule has 1 heterocycles. The van der Waals surface area contributed by atoms with Gasteiger partial charge in [0.05, 0.1) is 24.9 Å². The number of aryl methyl sites for hydroxylation is 1. The first-order valence-corrected chi connectivity index (χ1v) is 8.72. The third-order valence-electron chi connectivity index (χ3n) is 4.10. The number of rotatable bonds is 9. The summed E-state index contributed by atoms with van der Waals surface area (Å²) in [7, 11) is 0. The summed E-state index contributed by atoms with van der Waals surface area (Å²) in [6, 6.07) is 8.60. The van der Waals surface area contributed by atoms with Crippen LogP contribution in [0.4, 0.5) is 0 Å². The van der Waals surface area contributed by atoms with Crippen LogP contribution in [0.2, 0.25) is 0 Å². The van der Waals surface area contributed by atoms with Crippen LogP contribution in [0.25, 0.3) is 0 Å². The molecule has 130 valence electrons. The molecule has 2 rings (SSSR count). The van der Waals surface area contributed by atoms with Crippen LogP contribution in [-0.2, 0) is 16.0 Å². The molecule has 4 heteroatoms. The van der Waals surface area contributed by atoms with Crippen molar-refractivity contribution >= 4 is 0 Å². The van der Waals surface area contributed by atoms with Crippen molar-refractivity contribution in [3.05, 3.63) is 35.4 Å². The lowest BCUT2D eigenvalue weighted by Crippen LogP contribution is -2.39. The second-order valence-electron chi connectivity index (χ2n) is 6.85. The molecular weight excluding hydrogens is 290 g/mol.